The Morgan fingerprint density at radius 1 is 1.67 bits per heavy atom. The van der Waals surface area contributed by atoms with Crippen LogP contribution in [0.5, 0.6) is 0 Å². The summed E-state index contributed by atoms with van der Waals surface area (Å²) in [6.45, 7) is 3.90. The summed E-state index contributed by atoms with van der Waals surface area (Å²) < 4.78 is 0. The first-order valence-electron chi connectivity index (χ1n) is 3.08. The van der Waals surface area contributed by atoms with Crippen molar-refractivity contribution in [1.29, 1.82) is 5.26 Å². The Balaban J connectivity index is 3.90. The van der Waals surface area contributed by atoms with E-state index in [9.17, 15) is 0 Å². The maximum atomic E-state index is 8.38. The van der Waals surface area contributed by atoms with Gasteiger partial charge in [-0.25, -0.2) is 0 Å². The van der Waals surface area contributed by atoms with Crippen molar-refractivity contribution in [3.63, 3.8) is 0 Å². The lowest BCUT2D eigenvalue weighted by atomic mass is 10.2. The summed E-state index contributed by atoms with van der Waals surface area (Å²) in [4.78, 5) is 0. The van der Waals surface area contributed by atoms with Crippen molar-refractivity contribution in [2.24, 2.45) is 0 Å². The van der Waals surface area contributed by atoms with E-state index in [0.29, 0.717) is 0 Å². The highest BCUT2D eigenvalue weighted by Crippen LogP contribution is 1.94. The molecule has 0 aliphatic rings. The van der Waals surface area contributed by atoms with E-state index < -0.39 is 0 Å². The molecule has 0 saturated heterocycles. The van der Waals surface area contributed by atoms with Gasteiger partial charge in [0.05, 0.1) is 6.07 Å². The zero-order valence-corrected chi connectivity index (χ0v) is 5.89. The number of hydrogen-bond acceptors (Lipinski definition) is 1. The molecule has 1 heteroatoms. The summed E-state index contributed by atoms with van der Waals surface area (Å²) in [5, 5.41) is 8.38. The lowest BCUT2D eigenvalue weighted by Gasteiger charge is -1.81. The fraction of sp³-hybridized carbons (Fsp3) is 0.375. The first kappa shape index (κ1) is 7.97. The van der Waals surface area contributed by atoms with E-state index in [1.54, 1.807) is 6.08 Å². The monoisotopic (exact) mass is 121 g/mol. The largest absolute Gasteiger partial charge is 0.192 e. The van der Waals surface area contributed by atoms with Crippen LogP contribution in [0.3, 0.4) is 0 Å². The number of rotatable bonds is 2. The molecule has 48 valence electrons. The number of nitriles is 1. The average molecular weight is 121 g/mol. The Kier molecular flexibility index (Phi) is 4.53. The Morgan fingerprint density at radius 2 is 2.33 bits per heavy atom. The van der Waals surface area contributed by atoms with Crippen LogP contribution in [0.2, 0.25) is 0 Å². The van der Waals surface area contributed by atoms with Gasteiger partial charge in [-0.3, -0.25) is 0 Å². The lowest BCUT2D eigenvalue weighted by Crippen LogP contribution is -1.67. The molecule has 0 heterocycles. The van der Waals surface area contributed by atoms with Gasteiger partial charge in [-0.15, -0.1) is 0 Å². The second-order valence-electron chi connectivity index (χ2n) is 1.67. The van der Waals surface area contributed by atoms with Crippen LogP contribution in [0.25, 0.3) is 0 Å². The third kappa shape index (κ3) is 3.54. The molecule has 0 aromatic heterocycles. The molecule has 0 aliphatic carbocycles. The molecule has 0 atom stereocenters. The number of nitrogens with zero attached hydrogens (tertiary/aromatic N) is 1. The fourth-order valence-electron chi connectivity index (χ4n) is 0.443. The van der Waals surface area contributed by atoms with Crippen molar-refractivity contribution in [2.45, 2.75) is 20.3 Å². The number of hydrogen-bond donors (Lipinski definition) is 0. The molecular formula is C8H11N. The Hall–Kier alpha value is -1.03. The summed E-state index contributed by atoms with van der Waals surface area (Å²) in [6.07, 6.45) is 6.59. The van der Waals surface area contributed by atoms with E-state index in [1.165, 1.54) is 0 Å². The van der Waals surface area contributed by atoms with E-state index in [0.717, 1.165) is 12.0 Å². The average Bonchev–Trinajstić information content (AvgIpc) is 1.91. The Bertz CT molecular complexity index is 158. The molecule has 1 nitrogen and oxygen atoms in total. The molecule has 0 spiro atoms. The molecule has 0 aliphatic heterocycles. The van der Waals surface area contributed by atoms with Gasteiger partial charge in [-0.2, -0.15) is 5.26 Å². The van der Waals surface area contributed by atoms with E-state index in [4.69, 9.17) is 5.26 Å². The first-order valence-corrected chi connectivity index (χ1v) is 3.08. The van der Waals surface area contributed by atoms with Crippen LogP contribution < -0.4 is 0 Å². The van der Waals surface area contributed by atoms with E-state index in [2.05, 4.69) is 6.07 Å². The normalized spacial score (nSPS) is 11.9. The number of allylic oxidation sites excluding steroid dienone is 4. The minimum Gasteiger partial charge on any atom is -0.192 e. The van der Waals surface area contributed by atoms with Crippen molar-refractivity contribution >= 4 is 0 Å². The third-order valence-electron chi connectivity index (χ3n) is 0.973. The van der Waals surface area contributed by atoms with Gasteiger partial charge in [-0.05, 0) is 19.4 Å². The fourth-order valence-corrected chi connectivity index (χ4v) is 0.443. The summed E-state index contributed by atoms with van der Waals surface area (Å²) in [5.74, 6) is 0. The van der Waals surface area contributed by atoms with Gasteiger partial charge in [0.2, 0.25) is 0 Å². The molecule has 0 aromatic rings. The highest BCUT2D eigenvalue weighted by atomic mass is 14.2. The molecule has 0 aromatic carbocycles. The van der Waals surface area contributed by atoms with Gasteiger partial charge in [0.25, 0.3) is 0 Å². The molecule has 0 fully saturated rings. The summed E-state index contributed by atoms with van der Waals surface area (Å²) in [7, 11) is 0. The molecule has 0 bridgehead atoms. The van der Waals surface area contributed by atoms with Crippen LogP contribution >= 0.6 is 0 Å². The van der Waals surface area contributed by atoms with Crippen molar-refractivity contribution in [2.75, 3.05) is 0 Å². The van der Waals surface area contributed by atoms with Crippen molar-refractivity contribution in [1.82, 2.24) is 0 Å². The van der Waals surface area contributed by atoms with Crippen LogP contribution in [-0.2, 0) is 0 Å². The van der Waals surface area contributed by atoms with Crippen molar-refractivity contribution in [3.8, 4) is 6.07 Å². The topological polar surface area (TPSA) is 23.8 Å². The van der Waals surface area contributed by atoms with Crippen LogP contribution in [-0.4, -0.2) is 0 Å². The molecule has 0 unspecified atom stereocenters. The smallest absolute Gasteiger partial charge is 0.0987 e. The third-order valence-corrected chi connectivity index (χ3v) is 0.973. The van der Waals surface area contributed by atoms with Crippen molar-refractivity contribution < 1.29 is 0 Å². The highest BCUT2D eigenvalue weighted by molar-refractivity contribution is 5.31. The van der Waals surface area contributed by atoms with Crippen LogP contribution in [0.15, 0.2) is 23.8 Å². The minimum atomic E-state index is 0.733. The van der Waals surface area contributed by atoms with Crippen LogP contribution in [0.4, 0.5) is 0 Å². The molecule has 0 amide bonds. The SMILES string of the molecule is CC=C(C#N)C=CCC. The quantitative estimate of drug-likeness (QED) is 0.406. The van der Waals surface area contributed by atoms with Gasteiger partial charge < -0.3 is 0 Å². The predicted molar refractivity (Wildman–Crippen MR) is 38.8 cm³/mol. The minimum absolute atomic E-state index is 0.733. The van der Waals surface area contributed by atoms with Gasteiger partial charge in [0, 0.05) is 5.57 Å². The molecule has 0 rings (SSSR count). The molecule has 0 saturated carbocycles. The van der Waals surface area contributed by atoms with Gasteiger partial charge in [0.15, 0.2) is 0 Å². The van der Waals surface area contributed by atoms with Crippen LogP contribution in [0, 0.1) is 11.3 Å². The Labute approximate surface area is 56.3 Å². The maximum absolute atomic E-state index is 8.38. The highest BCUT2D eigenvalue weighted by Gasteiger charge is 1.80. The second kappa shape index (κ2) is 5.11. The molecule has 0 radical (unpaired) electrons. The predicted octanol–water partition coefficient (Wildman–Crippen LogP) is 2.42. The summed E-state index contributed by atoms with van der Waals surface area (Å²) in [6, 6.07) is 2.06. The summed E-state index contributed by atoms with van der Waals surface area (Å²) >= 11 is 0. The zero-order chi connectivity index (χ0) is 7.11. The Morgan fingerprint density at radius 3 is 2.67 bits per heavy atom. The summed E-state index contributed by atoms with van der Waals surface area (Å²) in [5.41, 5.74) is 0.733. The maximum Gasteiger partial charge on any atom is 0.0987 e. The van der Waals surface area contributed by atoms with Gasteiger partial charge in [-0.1, -0.05) is 19.1 Å². The van der Waals surface area contributed by atoms with E-state index in [1.807, 2.05) is 26.0 Å². The van der Waals surface area contributed by atoms with E-state index >= 15 is 0 Å². The van der Waals surface area contributed by atoms with E-state index in [-0.39, 0.29) is 0 Å². The van der Waals surface area contributed by atoms with Gasteiger partial charge >= 0.3 is 0 Å². The standard InChI is InChI=1S/C8H11N/c1-3-5-6-8(4-2)7-9/h4-6H,3H2,1-2H3. The molecular weight excluding hydrogens is 110 g/mol. The second-order valence-corrected chi connectivity index (χ2v) is 1.67. The molecule has 9 heavy (non-hydrogen) atoms. The molecule has 0 N–H and O–H groups in total. The van der Waals surface area contributed by atoms with Crippen molar-refractivity contribution in [3.05, 3.63) is 23.8 Å². The van der Waals surface area contributed by atoms with Crippen LogP contribution in [0.1, 0.15) is 20.3 Å². The van der Waals surface area contributed by atoms with Gasteiger partial charge in [0.1, 0.15) is 0 Å². The first-order chi connectivity index (χ1) is 4.35. The zero-order valence-electron chi connectivity index (χ0n) is 5.89. The lowest BCUT2D eigenvalue weighted by molar-refractivity contribution is 1.22.